The SMILES string of the molecule is COc1ccc([C@H]2c3sc(=O)n(CC(=O)N4CCCCC4)c3SC3C4CCC(C4)C32)cc1. The van der Waals surface area contributed by atoms with Crippen LogP contribution in [0, 0.1) is 17.8 Å². The molecular formula is C25H30N2O3S2. The van der Waals surface area contributed by atoms with Crippen molar-refractivity contribution >= 4 is 29.0 Å². The number of carbonyl (C=O) groups is 1. The minimum Gasteiger partial charge on any atom is -0.497 e. The molecule has 1 aromatic carbocycles. The van der Waals surface area contributed by atoms with E-state index >= 15 is 0 Å². The molecule has 32 heavy (non-hydrogen) atoms. The fourth-order valence-corrected chi connectivity index (χ4v) is 9.80. The molecule has 3 fully saturated rings. The minimum absolute atomic E-state index is 0.0266. The molecular weight excluding hydrogens is 440 g/mol. The number of ether oxygens (including phenoxy) is 1. The number of likely N-dealkylation sites (tertiary alicyclic amines) is 1. The van der Waals surface area contributed by atoms with Crippen LogP contribution in [0.3, 0.4) is 0 Å². The van der Waals surface area contributed by atoms with Gasteiger partial charge in [0.2, 0.25) is 5.91 Å². The Kier molecular flexibility index (Phi) is 5.37. The van der Waals surface area contributed by atoms with Crippen LogP contribution < -0.4 is 9.61 Å². The van der Waals surface area contributed by atoms with Gasteiger partial charge >= 0.3 is 4.87 Å². The highest BCUT2D eigenvalue weighted by Gasteiger charge is 2.55. The Bertz CT molecular complexity index is 1070. The third kappa shape index (κ3) is 3.35. The maximum Gasteiger partial charge on any atom is 0.308 e. The lowest BCUT2D eigenvalue weighted by atomic mass is 9.75. The standard InChI is InChI=1S/C25H30N2O3S2/c1-30-18-9-7-15(8-10-18)20-21-16-5-6-17(13-16)22(21)31-24-23(20)32-25(29)27(24)14-19(28)26-11-3-2-4-12-26/h7-10,16-17,20-22H,2-6,11-14H2,1H3/t16?,17?,20-,21?,22?/m1/s1. The molecule has 2 aliphatic heterocycles. The number of piperidine rings is 1. The normalized spacial score (nSPS) is 30.8. The van der Waals surface area contributed by atoms with Crippen molar-refractivity contribution in [2.75, 3.05) is 20.2 Å². The van der Waals surface area contributed by atoms with Crippen molar-refractivity contribution in [2.45, 2.75) is 61.3 Å². The quantitative estimate of drug-likeness (QED) is 0.656. The molecule has 1 amide bonds. The number of fused-ring (bicyclic) bond motifs is 6. The number of nitrogens with zero attached hydrogens (tertiary/aromatic N) is 2. The number of hydrogen-bond acceptors (Lipinski definition) is 5. The zero-order valence-corrected chi connectivity index (χ0v) is 20.1. The van der Waals surface area contributed by atoms with E-state index in [4.69, 9.17) is 4.74 Å². The van der Waals surface area contributed by atoms with Crippen LogP contribution in [0.5, 0.6) is 5.75 Å². The first-order valence-corrected chi connectivity index (χ1v) is 13.7. The van der Waals surface area contributed by atoms with Gasteiger partial charge in [0.05, 0.1) is 12.1 Å². The van der Waals surface area contributed by atoms with Crippen LogP contribution in [0.2, 0.25) is 0 Å². The topological polar surface area (TPSA) is 51.5 Å². The number of thiazole rings is 1. The molecule has 3 heterocycles. The highest BCUT2D eigenvalue weighted by Crippen LogP contribution is 2.64. The van der Waals surface area contributed by atoms with Gasteiger partial charge in [0, 0.05) is 29.1 Å². The second kappa shape index (κ2) is 8.24. The minimum atomic E-state index is 0.0266. The monoisotopic (exact) mass is 470 g/mol. The molecule has 6 rings (SSSR count). The lowest BCUT2D eigenvalue weighted by molar-refractivity contribution is -0.132. The summed E-state index contributed by atoms with van der Waals surface area (Å²) in [6.07, 6.45) is 7.29. The first-order chi connectivity index (χ1) is 15.6. The predicted octanol–water partition coefficient (Wildman–Crippen LogP) is 4.58. The van der Waals surface area contributed by atoms with E-state index in [1.165, 1.54) is 47.5 Å². The summed E-state index contributed by atoms with van der Waals surface area (Å²) in [6, 6.07) is 8.44. The van der Waals surface area contributed by atoms with E-state index in [1.807, 2.05) is 28.8 Å². The number of hydrogen-bond donors (Lipinski definition) is 0. The van der Waals surface area contributed by atoms with Gasteiger partial charge in [-0.2, -0.15) is 0 Å². The number of rotatable bonds is 4. The second-order valence-electron chi connectivity index (χ2n) is 9.81. The highest BCUT2D eigenvalue weighted by atomic mass is 32.2. The first kappa shape index (κ1) is 20.8. The van der Waals surface area contributed by atoms with Gasteiger partial charge < -0.3 is 9.64 Å². The third-order valence-electron chi connectivity index (χ3n) is 8.17. The van der Waals surface area contributed by atoms with Crippen molar-refractivity contribution in [3.8, 4) is 5.75 Å². The molecule has 0 spiro atoms. The molecule has 0 radical (unpaired) electrons. The van der Waals surface area contributed by atoms with E-state index in [1.54, 1.807) is 11.7 Å². The molecule has 4 aliphatic rings. The van der Waals surface area contributed by atoms with Gasteiger partial charge in [-0.15, -0.1) is 11.8 Å². The Balaban J connectivity index is 1.39. The Morgan fingerprint density at radius 3 is 2.59 bits per heavy atom. The molecule has 7 heteroatoms. The van der Waals surface area contributed by atoms with Crippen LogP contribution in [0.4, 0.5) is 0 Å². The van der Waals surface area contributed by atoms with Gasteiger partial charge in [0.15, 0.2) is 0 Å². The summed E-state index contributed by atoms with van der Waals surface area (Å²) in [5.41, 5.74) is 1.28. The molecule has 0 N–H and O–H groups in total. The van der Waals surface area contributed by atoms with E-state index in [0.29, 0.717) is 11.2 Å². The molecule has 1 aromatic heterocycles. The summed E-state index contributed by atoms with van der Waals surface area (Å²) >= 11 is 3.29. The van der Waals surface area contributed by atoms with Crippen molar-refractivity contribution < 1.29 is 9.53 Å². The van der Waals surface area contributed by atoms with Crippen LogP contribution in [0.15, 0.2) is 34.1 Å². The van der Waals surface area contributed by atoms with E-state index in [-0.39, 0.29) is 23.2 Å². The first-order valence-electron chi connectivity index (χ1n) is 12.0. The number of carbonyl (C=O) groups excluding carboxylic acids is 1. The Morgan fingerprint density at radius 1 is 1.09 bits per heavy atom. The van der Waals surface area contributed by atoms with E-state index < -0.39 is 0 Å². The molecule has 170 valence electrons. The van der Waals surface area contributed by atoms with Gasteiger partial charge in [0.1, 0.15) is 12.3 Å². The van der Waals surface area contributed by atoms with Crippen LogP contribution in [0.25, 0.3) is 0 Å². The molecule has 2 aliphatic carbocycles. The fourth-order valence-electron chi connectivity index (χ4n) is 6.65. The van der Waals surface area contributed by atoms with Gasteiger partial charge in [0.25, 0.3) is 0 Å². The fraction of sp³-hybridized carbons (Fsp3) is 0.600. The molecule has 5 atom stereocenters. The smallest absolute Gasteiger partial charge is 0.308 e. The third-order valence-corrected chi connectivity index (χ3v) is 11.0. The van der Waals surface area contributed by atoms with Crippen LogP contribution in [-0.4, -0.2) is 40.8 Å². The largest absolute Gasteiger partial charge is 0.497 e. The van der Waals surface area contributed by atoms with Crippen LogP contribution >= 0.6 is 23.1 Å². The van der Waals surface area contributed by atoms with Crippen molar-refractivity contribution in [2.24, 2.45) is 17.8 Å². The zero-order valence-electron chi connectivity index (χ0n) is 18.5. The number of benzene rings is 1. The molecule has 5 nitrogen and oxygen atoms in total. The van der Waals surface area contributed by atoms with Gasteiger partial charge in [-0.1, -0.05) is 23.5 Å². The summed E-state index contributed by atoms with van der Waals surface area (Å²) in [7, 11) is 1.70. The Hall–Kier alpha value is -1.73. The summed E-state index contributed by atoms with van der Waals surface area (Å²) in [5, 5.41) is 1.62. The summed E-state index contributed by atoms with van der Waals surface area (Å²) < 4.78 is 7.19. The summed E-state index contributed by atoms with van der Waals surface area (Å²) in [4.78, 5) is 29.4. The van der Waals surface area contributed by atoms with E-state index in [9.17, 15) is 9.59 Å². The predicted molar refractivity (Wildman–Crippen MR) is 128 cm³/mol. The van der Waals surface area contributed by atoms with E-state index in [2.05, 4.69) is 12.1 Å². The number of amides is 1. The zero-order chi connectivity index (χ0) is 21.8. The number of aromatic nitrogens is 1. The lowest BCUT2D eigenvalue weighted by Crippen LogP contribution is -2.39. The van der Waals surface area contributed by atoms with Crippen LogP contribution in [-0.2, 0) is 11.3 Å². The van der Waals surface area contributed by atoms with E-state index in [0.717, 1.165) is 48.5 Å². The van der Waals surface area contributed by atoms with Gasteiger partial charge in [-0.25, -0.2) is 0 Å². The average Bonchev–Trinajstić information content (AvgIpc) is 3.53. The van der Waals surface area contributed by atoms with Crippen LogP contribution in [0.1, 0.15) is 54.9 Å². The molecule has 2 bridgehead atoms. The molecule has 2 saturated carbocycles. The van der Waals surface area contributed by atoms with Crippen molar-refractivity contribution in [1.29, 1.82) is 0 Å². The maximum atomic E-state index is 13.2. The summed E-state index contributed by atoms with van der Waals surface area (Å²) in [5.74, 6) is 3.29. The van der Waals surface area contributed by atoms with Crippen molar-refractivity contribution in [3.05, 3.63) is 44.4 Å². The lowest BCUT2D eigenvalue weighted by Gasteiger charge is -2.40. The second-order valence-corrected chi connectivity index (χ2v) is 12.0. The highest BCUT2D eigenvalue weighted by molar-refractivity contribution is 8.00. The molecule has 2 aromatic rings. The Labute approximate surface area is 197 Å². The van der Waals surface area contributed by atoms with Crippen molar-refractivity contribution in [1.82, 2.24) is 9.47 Å². The van der Waals surface area contributed by atoms with Gasteiger partial charge in [-0.05, 0) is 74.0 Å². The molecule has 4 unspecified atom stereocenters. The van der Waals surface area contributed by atoms with Crippen molar-refractivity contribution in [3.63, 3.8) is 0 Å². The number of thioether (sulfide) groups is 1. The summed E-state index contributed by atoms with van der Waals surface area (Å²) in [6.45, 7) is 1.85. The average molecular weight is 471 g/mol. The number of methoxy groups -OCH3 is 1. The Morgan fingerprint density at radius 2 is 1.84 bits per heavy atom. The maximum absolute atomic E-state index is 13.2. The van der Waals surface area contributed by atoms with Gasteiger partial charge in [-0.3, -0.25) is 14.2 Å². The molecule has 1 saturated heterocycles.